The van der Waals surface area contributed by atoms with E-state index in [1.54, 1.807) is 6.07 Å². The molecule has 3 aromatic rings. The first-order chi connectivity index (χ1) is 12.1. The molecule has 1 N–H and O–H groups in total. The van der Waals surface area contributed by atoms with Gasteiger partial charge in [0.1, 0.15) is 11.3 Å². The third-order valence-corrected chi connectivity index (χ3v) is 5.69. The van der Waals surface area contributed by atoms with Crippen LogP contribution in [0.2, 0.25) is 5.02 Å². The summed E-state index contributed by atoms with van der Waals surface area (Å²) in [6, 6.07) is 7.31. The summed E-state index contributed by atoms with van der Waals surface area (Å²) in [7, 11) is 1.34. The van der Waals surface area contributed by atoms with Crippen LogP contribution >= 0.6 is 34.7 Å². The Labute approximate surface area is 157 Å². The van der Waals surface area contributed by atoms with Crippen molar-refractivity contribution in [3.05, 3.63) is 52.4 Å². The number of ether oxygens (including phenoxy) is 1. The smallest absolute Gasteiger partial charge is 0.341 e. The van der Waals surface area contributed by atoms with E-state index in [1.807, 2.05) is 25.1 Å². The van der Waals surface area contributed by atoms with Crippen molar-refractivity contribution < 1.29 is 13.9 Å². The van der Waals surface area contributed by atoms with Crippen LogP contribution < -0.4 is 5.32 Å². The van der Waals surface area contributed by atoms with Gasteiger partial charge in [0.2, 0.25) is 5.13 Å². The highest BCUT2D eigenvalue weighted by Crippen LogP contribution is 2.31. The van der Waals surface area contributed by atoms with Crippen LogP contribution in [0.4, 0.5) is 10.8 Å². The SMILES string of the molecule is COC(=O)c1ccoc1CSc1nnc(Nc2ccc(C)c(Cl)c2)s1. The summed E-state index contributed by atoms with van der Waals surface area (Å²) in [5, 5.41) is 12.8. The first-order valence-electron chi connectivity index (χ1n) is 7.21. The Kier molecular flexibility index (Phi) is 5.62. The number of furan rings is 1. The Morgan fingerprint density at radius 2 is 2.24 bits per heavy atom. The van der Waals surface area contributed by atoms with Crippen LogP contribution in [0, 0.1) is 6.92 Å². The van der Waals surface area contributed by atoms with Gasteiger partial charge in [0.05, 0.1) is 19.1 Å². The lowest BCUT2D eigenvalue weighted by molar-refractivity contribution is 0.0598. The Morgan fingerprint density at radius 1 is 1.40 bits per heavy atom. The highest BCUT2D eigenvalue weighted by molar-refractivity contribution is 8.00. The van der Waals surface area contributed by atoms with E-state index in [-0.39, 0.29) is 0 Å². The largest absolute Gasteiger partial charge is 0.468 e. The normalized spacial score (nSPS) is 10.7. The number of carbonyl (C=O) groups is 1. The van der Waals surface area contributed by atoms with E-state index in [4.69, 9.17) is 20.8 Å². The highest BCUT2D eigenvalue weighted by Gasteiger charge is 2.16. The van der Waals surface area contributed by atoms with Gasteiger partial charge in [-0.05, 0) is 30.7 Å². The number of aromatic nitrogens is 2. The van der Waals surface area contributed by atoms with Crippen molar-refractivity contribution in [3.8, 4) is 0 Å². The van der Waals surface area contributed by atoms with E-state index in [0.717, 1.165) is 15.6 Å². The van der Waals surface area contributed by atoms with Gasteiger partial charge >= 0.3 is 5.97 Å². The lowest BCUT2D eigenvalue weighted by Gasteiger charge is -2.03. The Balaban J connectivity index is 1.63. The summed E-state index contributed by atoms with van der Waals surface area (Å²) < 4.78 is 10.8. The second-order valence-corrected chi connectivity index (χ2v) is 7.61. The molecular weight excluding hydrogens is 382 g/mol. The molecule has 3 rings (SSSR count). The number of benzene rings is 1. The van der Waals surface area contributed by atoms with Gasteiger partial charge in [-0.1, -0.05) is 40.8 Å². The number of nitrogens with one attached hydrogen (secondary N) is 1. The maximum Gasteiger partial charge on any atom is 0.341 e. The van der Waals surface area contributed by atoms with Crippen LogP contribution in [0.3, 0.4) is 0 Å². The standard InChI is InChI=1S/C16H14ClN3O3S2/c1-9-3-4-10(7-12(9)17)18-15-19-20-16(25-15)24-8-13-11(5-6-23-13)14(21)22-2/h3-7H,8H2,1-2H3,(H,18,19). The van der Waals surface area contributed by atoms with Gasteiger partial charge in [-0.2, -0.15) is 0 Å². The molecule has 2 aromatic heterocycles. The van der Waals surface area contributed by atoms with Gasteiger partial charge in [0.25, 0.3) is 0 Å². The summed E-state index contributed by atoms with van der Waals surface area (Å²) in [5.74, 6) is 0.592. The average Bonchev–Trinajstić information content (AvgIpc) is 3.24. The molecule has 0 aliphatic carbocycles. The molecule has 0 unspecified atom stereocenters. The fraction of sp³-hybridized carbons (Fsp3) is 0.188. The number of rotatable bonds is 6. The second kappa shape index (κ2) is 7.90. The fourth-order valence-electron chi connectivity index (χ4n) is 1.98. The molecule has 0 spiro atoms. The number of hydrogen-bond acceptors (Lipinski definition) is 8. The number of anilines is 2. The number of hydrogen-bond donors (Lipinski definition) is 1. The molecule has 0 atom stereocenters. The molecule has 0 amide bonds. The summed E-state index contributed by atoms with van der Waals surface area (Å²) in [5.41, 5.74) is 2.29. The second-order valence-electron chi connectivity index (χ2n) is 5.00. The molecule has 0 bridgehead atoms. The van der Waals surface area contributed by atoms with Crippen molar-refractivity contribution in [3.63, 3.8) is 0 Å². The average molecular weight is 396 g/mol. The third kappa shape index (κ3) is 4.33. The van der Waals surface area contributed by atoms with E-state index >= 15 is 0 Å². The fourth-order valence-corrected chi connectivity index (χ4v) is 3.89. The van der Waals surface area contributed by atoms with Gasteiger partial charge in [-0.15, -0.1) is 10.2 Å². The Hall–Kier alpha value is -2.03. The molecule has 1 aromatic carbocycles. The number of thioether (sulfide) groups is 1. The predicted octanol–water partition coefficient (Wildman–Crippen LogP) is 4.92. The Bertz CT molecular complexity index is 894. The Morgan fingerprint density at radius 3 is 3.00 bits per heavy atom. The van der Waals surface area contributed by atoms with Crippen molar-refractivity contribution in [1.29, 1.82) is 0 Å². The first kappa shape index (κ1) is 17.8. The molecule has 0 fully saturated rings. The lowest BCUT2D eigenvalue weighted by atomic mass is 10.2. The van der Waals surface area contributed by atoms with Gasteiger partial charge in [0, 0.05) is 10.7 Å². The number of esters is 1. The molecule has 130 valence electrons. The molecule has 6 nitrogen and oxygen atoms in total. The van der Waals surface area contributed by atoms with Gasteiger partial charge in [-0.25, -0.2) is 4.79 Å². The van der Waals surface area contributed by atoms with E-state index in [1.165, 1.54) is 36.5 Å². The van der Waals surface area contributed by atoms with Crippen molar-refractivity contribution >= 4 is 51.5 Å². The molecule has 0 saturated carbocycles. The third-order valence-electron chi connectivity index (χ3n) is 3.31. The van der Waals surface area contributed by atoms with Crippen LogP contribution in [0.5, 0.6) is 0 Å². The molecular formula is C16H14ClN3O3S2. The minimum atomic E-state index is -0.416. The van der Waals surface area contributed by atoms with Crippen molar-refractivity contribution in [2.45, 2.75) is 17.0 Å². The zero-order valence-corrected chi connectivity index (χ0v) is 15.8. The van der Waals surface area contributed by atoms with Crippen LogP contribution in [0.25, 0.3) is 0 Å². The van der Waals surface area contributed by atoms with Gasteiger partial charge < -0.3 is 14.5 Å². The topological polar surface area (TPSA) is 77.2 Å². The summed E-state index contributed by atoms with van der Waals surface area (Å²) in [4.78, 5) is 11.6. The predicted molar refractivity (Wildman–Crippen MR) is 99.0 cm³/mol. The minimum absolute atomic E-state index is 0.416. The minimum Gasteiger partial charge on any atom is -0.468 e. The van der Waals surface area contributed by atoms with Crippen molar-refractivity contribution in [2.75, 3.05) is 12.4 Å². The molecule has 0 radical (unpaired) electrons. The maximum atomic E-state index is 11.6. The van der Waals surface area contributed by atoms with E-state index in [9.17, 15) is 4.79 Å². The van der Waals surface area contributed by atoms with E-state index in [2.05, 4.69) is 15.5 Å². The molecule has 2 heterocycles. The van der Waals surface area contributed by atoms with E-state index < -0.39 is 5.97 Å². The maximum absolute atomic E-state index is 11.6. The molecule has 25 heavy (non-hydrogen) atoms. The first-order valence-corrected chi connectivity index (χ1v) is 9.39. The molecule has 0 saturated heterocycles. The summed E-state index contributed by atoms with van der Waals surface area (Å²) >= 11 is 8.96. The number of aryl methyl sites for hydroxylation is 1. The molecule has 0 aliphatic rings. The van der Waals surface area contributed by atoms with Gasteiger partial charge in [0.15, 0.2) is 4.34 Å². The van der Waals surface area contributed by atoms with Crippen molar-refractivity contribution in [1.82, 2.24) is 10.2 Å². The monoisotopic (exact) mass is 395 g/mol. The highest BCUT2D eigenvalue weighted by atomic mass is 35.5. The molecule has 0 aliphatic heterocycles. The van der Waals surface area contributed by atoms with Crippen LogP contribution in [-0.2, 0) is 10.5 Å². The van der Waals surface area contributed by atoms with Crippen LogP contribution in [-0.4, -0.2) is 23.3 Å². The summed E-state index contributed by atoms with van der Waals surface area (Å²) in [6.07, 6.45) is 1.47. The zero-order valence-electron chi connectivity index (χ0n) is 13.4. The van der Waals surface area contributed by atoms with Crippen molar-refractivity contribution in [2.24, 2.45) is 0 Å². The van der Waals surface area contributed by atoms with Crippen LogP contribution in [0.15, 0.2) is 39.3 Å². The zero-order chi connectivity index (χ0) is 17.8. The van der Waals surface area contributed by atoms with E-state index in [0.29, 0.717) is 27.2 Å². The molecule has 9 heteroatoms. The number of halogens is 1. The van der Waals surface area contributed by atoms with Gasteiger partial charge in [-0.3, -0.25) is 0 Å². The lowest BCUT2D eigenvalue weighted by Crippen LogP contribution is -2.02. The number of carbonyl (C=O) groups excluding carboxylic acids is 1. The number of methoxy groups -OCH3 is 1. The summed E-state index contributed by atoms with van der Waals surface area (Å²) in [6.45, 7) is 1.95. The van der Waals surface area contributed by atoms with Crippen LogP contribution in [0.1, 0.15) is 21.7 Å². The number of nitrogens with zero attached hydrogens (tertiary/aromatic N) is 2. The quantitative estimate of drug-likeness (QED) is 0.469.